The van der Waals surface area contributed by atoms with Crippen molar-refractivity contribution in [2.45, 2.75) is 9.79 Å². The third-order valence-electron chi connectivity index (χ3n) is 3.26. The van der Waals surface area contributed by atoms with E-state index in [-0.39, 0.29) is 5.91 Å². The first-order valence-electron chi connectivity index (χ1n) is 6.07. The lowest BCUT2D eigenvalue weighted by molar-refractivity contribution is 0.0963. The largest absolute Gasteiger partial charge is 0.355 e. The first-order chi connectivity index (χ1) is 9.20. The minimum atomic E-state index is -0.0510. The number of carbonyl (C=O) groups excluding carboxylic acids is 1. The van der Waals surface area contributed by atoms with Crippen LogP contribution in [-0.2, 0) is 0 Å². The molecule has 1 amide bonds. The van der Waals surface area contributed by atoms with E-state index in [4.69, 9.17) is 0 Å². The third-order valence-corrected chi connectivity index (χ3v) is 4.37. The number of anilines is 2. The molecule has 1 N–H and O–H groups in total. The fourth-order valence-corrected chi connectivity index (χ4v) is 3.42. The van der Waals surface area contributed by atoms with Gasteiger partial charge in [-0.3, -0.25) is 4.79 Å². The second-order valence-corrected chi connectivity index (χ2v) is 5.47. The Labute approximate surface area is 116 Å². The number of nitrogens with one attached hydrogen (secondary N) is 1. The average molecular weight is 270 g/mol. The maximum Gasteiger partial charge on any atom is 0.251 e. The van der Waals surface area contributed by atoms with Crippen molar-refractivity contribution in [2.24, 2.45) is 0 Å². The Kier molecular flexibility index (Phi) is 2.95. The number of hydrogen-bond acceptors (Lipinski definition) is 3. The van der Waals surface area contributed by atoms with Crippen LogP contribution in [0.1, 0.15) is 10.4 Å². The van der Waals surface area contributed by atoms with Crippen molar-refractivity contribution in [2.75, 3.05) is 19.0 Å². The number of carbonyl (C=O) groups is 1. The van der Waals surface area contributed by atoms with E-state index in [1.54, 1.807) is 18.8 Å². The molecular formula is C15H14N2OS. The maximum absolute atomic E-state index is 11.7. The molecule has 1 aliphatic heterocycles. The van der Waals surface area contributed by atoms with Crippen molar-refractivity contribution in [3.05, 3.63) is 48.0 Å². The van der Waals surface area contributed by atoms with Crippen LogP contribution in [0.15, 0.2) is 52.3 Å². The summed E-state index contributed by atoms with van der Waals surface area (Å²) in [7, 11) is 3.70. The van der Waals surface area contributed by atoms with Gasteiger partial charge in [0.05, 0.1) is 11.4 Å². The summed E-state index contributed by atoms with van der Waals surface area (Å²) in [5.74, 6) is -0.0510. The Morgan fingerprint density at radius 1 is 1.11 bits per heavy atom. The van der Waals surface area contributed by atoms with Crippen molar-refractivity contribution >= 4 is 29.0 Å². The van der Waals surface area contributed by atoms with Crippen LogP contribution in [0.3, 0.4) is 0 Å². The van der Waals surface area contributed by atoms with Crippen LogP contribution < -0.4 is 10.2 Å². The highest BCUT2D eigenvalue weighted by Gasteiger charge is 2.21. The molecule has 19 heavy (non-hydrogen) atoms. The van der Waals surface area contributed by atoms with Crippen molar-refractivity contribution in [1.82, 2.24) is 5.32 Å². The Hall–Kier alpha value is -1.94. The molecule has 0 radical (unpaired) electrons. The van der Waals surface area contributed by atoms with E-state index in [2.05, 4.69) is 29.4 Å². The zero-order chi connectivity index (χ0) is 13.4. The molecule has 1 heterocycles. The molecule has 4 heteroatoms. The van der Waals surface area contributed by atoms with Gasteiger partial charge in [-0.1, -0.05) is 23.9 Å². The molecule has 0 fully saturated rings. The third kappa shape index (κ3) is 1.98. The highest BCUT2D eigenvalue weighted by Crippen LogP contribution is 2.47. The van der Waals surface area contributed by atoms with E-state index in [1.807, 2.05) is 30.3 Å². The van der Waals surface area contributed by atoms with Gasteiger partial charge in [-0.15, -0.1) is 0 Å². The second-order valence-electron chi connectivity index (χ2n) is 4.39. The number of hydrogen-bond donors (Lipinski definition) is 1. The summed E-state index contributed by atoms with van der Waals surface area (Å²) in [5, 5.41) is 2.66. The Bertz CT molecular complexity index is 654. The topological polar surface area (TPSA) is 32.3 Å². The molecular weight excluding hydrogens is 256 g/mol. The maximum atomic E-state index is 11.7. The second kappa shape index (κ2) is 4.63. The molecule has 3 nitrogen and oxygen atoms in total. The summed E-state index contributed by atoms with van der Waals surface area (Å²) in [6.07, 6.45) is 0. The van der Waals surface area contributed by atoms with E-state index >= 15 is 0 Å². The number of para-hydroxylation sites is 1. The van der Waals surface area contributed by atoms with Gasteiger partial charge < -0.3 is 10.2 Å². The number of benzene rings is 2. The molecule has 0 aliphatic carbocycles. The number of amides is 1. The highest BCUT2D eigenvalue weighted by atomic mass is 32.2. The van der Waals surface area contributed by atoms with Gasteiger partial charge in [0.2, 0.25) is 0 Å². The number of fused-ring (bicyclic) bond motifs is 2. The predicted molar refractivity (Wildman–Crippen MR) is 78.5 cm³/mol. The summed E-state index contributed by atoms with van der Waals surface area (Å²) in [5.41, 5.74) is 3.03. The molecule has 0 unspecified atom stereocenters. The van der Waals surface area contributed by atoms with E-state index in [0.717, 1.165) is 10.6 Å². The van der Waals surface area contributed by atoms with Crippen molar-refractivity contribution in [3.63, 3.8) is 0 Å². The fraction of sp³-hybridized carbons (Fsp3) is 0.133. The van der Waals surface area contributed by atoms with E-state index in [9.17, 15) is 4.79 Å². The number of rotatable bonds is 1. The van der Waals surface area contributed by atoms with E-state index < -0.39 is 0 Å². The lowest BCUT2D eigenvalue weighted by atomic mass is 10.1. The SMILES string of the molecule is CNC(=O)c1ccc2c(c1)Sc1ccccc1N2C. The molecule has 0 bridgehead atoms. The molecule has 96 valence electrons. The first kappa shape index (κ1) is 12.1. The van der Waals surface area contributed by atoms with Crippen molar-refractivity contribution < 1.29 is 4.79 Å². The van der Waals surface area contributed by atoms with Gasteiger partial charge in [0.25, 0.3) is 5.91 Å². The zero-order valence-electron chi connectivity index (χ0n) is 10.8. The molecule has 0 spiro atoms. The molecule has 2 aromatic carbocycles. The van der Waals surface area contributed by atoms with Gasteiger partial charge in [-0.05, 0) is 30.3 Å². The average Bonchev–Trinajstić information content (AvgIpc) is 2.46. The molecule has 0 saturated heterocycles. The standard InChI is InChI=1S/C15H14N2OS/c1-16-15(18)10-7-8-12-14(9-10)19-13-6-4-3-5-11(13)17(12)2/h3-9H,1-2H3,(H,16,18). The van der Waals surface area contributed by atoms with Gasteiger partial charge in [-0.2, -0.15) is 0 Å². The van der Waals surface area contributed by atoms with Gasteiger partial charge in [0.1, 0.15) is 0 Å². The molecule has 0 atom stereocenters. The molecule has 0 aromatic heterocycles. The quantitative estimate of drug-likeness (QED) is 0.863. The smallest absolute Gasteiger partial charge is 0.251 e. The predicted octanol–water partition coefficient (Wildman–Crippen LogP) is 3.28. The van der Waals surface area contributed by atoms with Crippen LogP contribution in [0.25, 0.3) is 0 Å². The van der Waals surface area contributed by atoms with Gasteiger partial charge >= 0.3 is 0 Å². The Morgan fingerprint density at radius 2 is 1.84 bits per heavy atom. The van der Waals surface area contributed by atoms with Gasteiger partial charge in [0, 0.05) is 29.4 Å². The number of nitrogens with zero attached hydrogens (tertiary/aromatic N) is 1. The van der Waals surface area contributed by atoms with Crippen LogP contribution in [0.2, 0.25) is 0 Å². The highest BCUT2D eigenvalue weighted by molar-refractivity contribution is 7.99. The van der Waals surface area contributed by atoms with Crippen LogP contribution >= 0.6 is 11.8 Å². The van der Waals surface area contributed by atoms with Gasteiger partial charge in [-0.25, -0.2) is 0 Å². The zero-order valence-corrected chi connectivity index (χ0v) is 11.6. The van der Waals surface area contributed by atoms with E-state index in [1.165, 1.54) is 10.6 Å². The molecule has 0 saturated carbocycles. The molecule has 3 rings (SSSR count). The van der Waals surface area contributed by atoms with Crippen LogP contribution in [0.5, 0.6) is 0 Å². The Balaban J connectivity index is 2.08. The van der Waals surface area contributed by atoms with Crippen LogP contribution in [-0.4, -0.2) is 20.0 Å². The summed E-state index contributed by atoms with van der Waals surface area (Å²) >= 11 is 1.71. The van der Waals surface area contributed by atoms with Crippen LogP contribution in [0.4, 0.5) is 11.4 Å². The normalized spacial score (nSPS) is 12.6. The summed E-state index contributed by atoms with van der Waals surface area (Å²) in [4.78, 5) is 16.2. The van der Waals surface area contributed by atoms with Crippen LogP contribution in [0, 0.1) is 0 Å². The summed E-state index contributed by atoms with van der Waals surface area (Å²) in [6.45, 7) is 0. The minimum absolute atomic E-state index is 0.0510. The van der Waals surface area contributed by atoms with E-state index in [0.29, 0.717) is 5.56 Å². The van der Waals surface area contributed by atoms with Gasteiger partial charge in [0.15, 0.2) is 0 Å². The van der Waals surface area contributed by atoms with Crippen molar-refractivity contribution in [1.29, 1.82) is 0 Å². The lowest BCUT2D eigenvalue weighted by Crippen LogP contribution is -2.19. The summed E-state index contributed by atoms with van der Waals surface area (Å²) < 4.78 is 0. The first-order valence-corrected chi connectivity index (χ1v) is 6.89. The monoisotopic (exact) mass is 270 g/mol. The molecule has 2 aromatic rings. The minimum Gasteiger partial charge on any atom is -0.355 e. The van der Waals surface area contributed by atoms with Crippen molar-refractivity contribution in [3.8, 4) is 0 Å². The lowest BCUT2D eigenvalue weighted by Gasteiger charge is -2.29. The Morgan fingerprint density at radius 3 is 2.63 bits per heavy atom. The fourth-order valence-electron chi connectivity index (χ4n) is 2.23. The molecule has 1 aliphatic rings. The summed E-state index contributed by atoms with van der Waals surface area (Å²) in [6, 6.07) is 14.1.